The maximum Gasteiger partial charge on any atom is 0.132 e. The van der Waals surface area contributed by atoms with Crippen LogP contribution in [0.25, 0.3) is 0 Å². The summed E-state index contributed by atoms with van der Waals surface area (Å²) in [5, 5.41) is 0.840. The quantitative estimate of drug-likeness (QED) is 0.868. The minimum atomic E-state index is 0.534. The molecule has 5 heteroatoms. The fourth-order valence-electron chi connectivity index (χ4n) is 2.80. The largest absolute Gasteiger partial charge is 0.353 e. The molecular weight excluding hydrogens is 296 g/mol. The van der Waals surface area contributed by atoms with Crippen LogP contribution in [0.2, 0.25) is 5.02 Å². The zero-order valence-corrected chi connectivity index (χ0v) is 14.0. The molecule has 1 saturated heterocycles. The lowest BCUT2D eigenvalue weighted by atomic mass is 10.1. The summed E-state index contributed by atoms with van der Waals surface area (Å²) >= 11 is 6.24. The fraction of sp³-hybridized carbons (Fsp3) is 0.412. The van der Waals surface area contributed by atoms with E-state index in [-0.39, 0.29) is 0 Å². The standard InChI is InChI=1S/C17H21ClN4/c1-12-8-17(20-13(2)19-12)22-10-15(11-22)21(3)9-14-6-4-5-7-16(14)18/h4-8,15H,9-11H2,1-3H3. The zero-order valence-electron chi connectivity index (χ0n) is 13.3. The lowest BCUT2D eigenvalue weighted by Gasteiger charge is -2.45. The molecule has 0 atom stereocenters. The Bertz CT molecular complexity index is 647. The second kappa shape index (κ2) is 6.23. The highest BCUT2D eigenvalue weighted by Crippen LogP contribution is 2.24. The summed E-state index contributed by atoms with van der Waals surface area (Å²) in [6, 6.07) is 10.6. The van der Waals surface area contributed by atoms with Gasteiger partial charge in [-0.25, -0.2) is 9.97 Å². The van der Waals surface area contributed by atoms with Crippen molar-refractivity contribution in [2.75, 3.05) is 25.0 Å². The van der Waals surface area contributed by atoms with Gasteiger partial charge in [0.15, 0.2) is 0 Å². The third-order valence-electron chi connectivity index (χ3n) is 4.14. The first kappa shape index (κ1) is 15.3. The van der Waals surface area contributed by atoms with Crippen molar-refractivity contribution in [2.24, 2.45) is 0 Å². The number of nitrogens with zero attached hydrogens (tertiary/aromatic N) is 4. The molecule has 1 fully saturated rings. The molecule has 0 N–H and O–H groups in total. The molecule has 0 bridgehead atoms. The highest BCUT2D eigenvalue weighted by atomic mass is 35.5. The number of likely N-dealkylation sites (N-methyl/N-ethyl adjacent to an activating group) is 1. The van der Waals surface area contributed by atoms with E-state index in [1.807, 2.05) is 32.0 Å². The highest BCUT2D eigenvalue weighted by molar-refractivity contribution is 6.31. The van der Waals surface area contributed by atoms with Crippen LogP contribution >= 0.6 is 11.6 Å². The molecule has 0 saturated carbocycles. The number of aromatic nitrogens is 2. The molecule has 0 radical (unpaired) electrons. The molecule has 2 heterocycles. The molecular formula is C17H21ClN4. The van der Waals surface area contributed by atoms with Gasteiger partial charge in [0.1, 0.15) is 11.6 Å². The Morgan fingerprint density at radius 1 is 1.23 bits per heavy atom. The van der Waals surface area contributed by atoms with Gasteiger partial charge < -0.3 is 4.90 Å². The predicted molar refractivity (Wildman–Crippen MR) is 90.4 cm³/mol. The number of aryl methyl sites for hydroxylation is 2. The van der Waals surface area contributed by atoms with E-state index in [0.717, 1.165) is 42.0 Å². The Morgan fingerprint density at radius 3 is 2.64 bits per heavy atom. The first-order valence-corrected chi connectivity index (χ1v) is 7.91. The molecule has 0 unspecified atom stereocenters. The molecule has 1 aromatic heterocycles. The Kier molecular flexibility index (Phi) is 4.32. The van der Waals surface area contributed by atoms with Crippen LogP contribution in [0.3, 0.4) is 0 Å². The van der Waals surface area contributed by atoms with E-state index >= 15 is 0 Å². The van der Waals surface area contributed by atoms with Gasteiger partial charge in [0.2, 0.25) is 0 Å². The van der Waals surface area contributed by atoms with Gasteiger partial charge in [-0.2, -0.15) is 0 Å². The molecule has 4 nitrogen and oxygen atoms in total. The van der Waals surface area contributed by atoms with E-state index in [1.165, 1.54) is 5.56 Å². The van der Waals surface area contributed by atoms with Gasteiger partial charge in [-0.05, 0) is 32.5 Å². The van der Waals surface area contributed by atoms with Crippen LogP contribution in [-0.2, 0) is 6.54 Å². The summed E-state index contributed by atoms with van der Waals surface area (Å²) in [6.45, 7) is 6.82. The lowest BCUT2D eigenvalue weighted by molar-refractivity contribution is 0.197. The molecule has 0 aliphatic carbocycles. The van der Waals surface area contributed by atoms with Gasteiger partial charge in [-0.1, -0.05) is 29.8 Å². The summed E-state index contributed by atoms with van der Waals surface area (Å²) in [5.74, 6) is 1.87. The van der Waals surface area contributed by atoms with Gasteiger partial charge in [0, 0.05) is 42.5 Å². The molecule has 1 aliphatic rings. The van der Waals surface area contributed by atoms with Crippen LogP contribution in [0.1, 0.15) is 17.1 Å². The van der Waals surface area contributed by atoms with Crippen LogP contribution in [0.15, 0.2) is 30.3 Å². The van der Waals surface area contributed by atoms with Crippen LogP contribution in [0.4, 0.5) is 5.82 Å². The number of hydrogen-bond donors (Lipinski definition) is 0. The fourth-order valence-corrected chi connectivity index (χ4v) is 3.00. The molecule has 3 rings (SSSR count). The third-order valence-corrected chi connectivity index (χ3v) is 4.51. The zero-order chi connectivity index (χ0) is 15.7. The Hall–Kier alpha value is -1.65. The van der Waals surface area contributed by atoms with Crippen molar-refractivity contribution in [3.05, 3.63) is 52.4 Å². The molecule has 1 aliphatic heterocycles. The summed E-state index contributed by atoms with van der Waals surface area (Å²) in [4.78, 5) is 13.5. The smallest absolute Gasteiger partial charge is 0.132 e. The SMILES string of the molecule is Cc1cc(N2CC(N(C)Cc3ccccc3Cl)C2)nc(C)n1. The van der Waals surface area contributed by atoms with Gasteiger partial charge in [0.25, 0.3) is 0 Å². The van der Waals surface area contributed by atoms with E-state index in [0.29, 0.717) is 6.04 Å². The van der Waals surface area contributed by atoms with Crippen molar-refractivity contribution in [3.63, 3.8) is 0 Å². The molecule has 0 amide bonds. The van der Waals surface area contributed by atoms with Gasteiger partial charge >= 0.3 is 0 Å². The normalized spacial score (nSPS) is 15.2. The van der Waals surface area contributed by atoms with E-state index in [9.17, 15) is 0 Å². The van der Waals surface area contributed by atoms with Gasteiger partial charge in [-0.3, -0.25) is 4.90 Å². The maximum atomic E-state index is 6.24. The molecule has 1 aromatic carbocycles. The van der Waals surface area contributed by atoms with Crippen LogP contribution < -0.4 is 4.90 Å². The Balaban J connectivity index is 1.60. The molecule has 22 heavy (non-hydrogen) atoms. The second-order valence-electron chi connectivity index (χ2n) is 5.98. The Labute approximate surface area is 136 Å². The minimum absolute atomic E-state index is 0.534. The van der Waals surface area contributed by atoms with E-state index < -0.39 is 0 Å². The first-order chi connectivity index (χ1) is 10.5. The summed E-state index contributed by atoms with van der Waals surface area (Å²) in [6.07, 6.45) is 0. The topological polar surface area (TPSA) is 32.3 Å². The second-order valence-corrected chi connectivity index (χ2v) is 6.39. The monoisotopic (exact) mass is 316 g/mol. The van der Waals surface area contributed by atoms with Crippen molar-refractivity contribution in [3.8, 4) is 0 Å². The maximum absolute atomic E-state index is 6.24. The molecule has 2 aromatic rings. The average Bonchev–Trinajstić information content (AvgIpc) is 2.38. The highest BCUT2D eigenvalue weighted by Gasteiger charge is 2.31. The van der Waals surface area contributed by atoms with Gasteiger partial charge in [0.05, 0.1) is 0 Å². The molecule has 116 valence electrons. The lowest BCUT2D eigenvalue weighted by Crippen LogP contribution is -2.58. The van der Waals surface area contributed by atoms with Crippen molar-refractivity contribution >= 4 is 17.4 Å². The van der Waals surface area contributed by atoms with Crippen LogP contribution in [0.5, 0.6) is 0 Å². The number of benzene rings is 1. The van der Waals surface area contributed by atoms with E-state index in [1.54, 1.807) is 0 Å². The van der Waals surface area contributed by atoms with E-state index in [4.69, 9.17) is 11.6 Å². The van der Waals surface area contributed by atoms with Crippen molar-refractivity contribution in [1.29, 1.82) is 0 Å². The summed E-state index contributed by atoms with van der Waals surface area (Å²) in [5.41, 5.74) is 2.20. The van der Waals surface area contributed by atoms with Crippen molar-refractivity contribution < 1.29 is 0 Å². The molecule has 0 spiro atoms. The van der Waals surface area contributed by atoms with Crippen molar-refractivity contribution in [1.82, 2.24) is 14.9 Å². The third kappa shape index (κ3) is 3.23. The minimum Gasteiger partial charge on any atom is -0.353 e. The van der Waals surface area contributed by atoms with Crippen LogP contribution in [0, 0.1) is 13.8 Å². The number of halogens is 1. The Morgan fingerprint density at radius 2 is 1.95 bits per heavy atom. The summed E-state index contributed by atoms with van der Waals surface area (Å²) < 4.78 is 0. The first-order valence-electron chi connectivity index (χ1n) is 7.54. The van der Waals surface area contributed by atoms with Crippen molar-refractivity contribution in [2.45, 2.75) is 26.4 Å². The van der Waals surface area contributed by atoms with E-state index in [2.05, 4.69) is 38.9 Å². The number of rotatable bonds is 4. The van der Waals surface area contributed by atoms with Crippen LogP contribution in [-0.4, -0.2) is 41.0 Å². The average molecular weight is 317 g/mol. The number of anilines is 1. The summed E-state index contributed by atoms with van der Waals surface area (Å²) in [7, 11) is 2.15. The number of hydrogen-bond acceptors (Lipinski definition) is 4. The van der Waals surface area contributed by atoms with Gasteiger partial charge in [-0.15, -0.1) is 0 Å². The predicted octanol–water partition coefficient (Wildman–Crippen LogP) is 3.07.